The van der Waals surface area contributed by atoms with Crippen LogP contribution in [0.1, 0.15) is 32.4 Å². The van der Waals surface area contributed by atoms with E-state index in [2.05, 4.69) is 4.74 Å². The lowest BCUT2D eigenvalue weighted by Crippen LogP contribution is -2.34. The first kappa shape index (κ1) is 17.3. The topological polar surface area (TPSA) is 105 Å². The van der Waals surface area contributed by atoms with Crippen LogP contribution >= 0.6 is 0 Å². The molecule has 128 valence electrons. The van der Waals surface area contributed by atoms with Crippen molar-refractivity contribution >= 4 is 11.9 Å². The molecular formula is C14H11F3N2O5. The van der Waals surface area contributed by atoms with Crippen molar-refractivity contribution in [2.24, 2.45) is 5.73 Å². The molecule has 0 spiro atoms. The SMILES string of the molecule is COC(=O)c1ccc(Cn2c(C(F)(F)F)ccc(C(N)=O)c2=O)o1. The predicted octanol–water partition coefficient (Wildman–Crippen LogP) is 1.39. The van der Waals surface area contributed by atoms with Gasteiger partial charge in [0.15, 0.2) is 0 Å². The first-order chi connectivity index (χ1) is 11.1. The molecule has 0 atom stereocenters. The molecule has 10 heteroatoms. The van der Waals surface area contributed by atoms with Gasteiger partial charge in [-0.1, -0.05) is 0 Å². The molecule has 2 aromatic heterocycles. The highest BCUT2D eigenvalue weighted by molar-refractivity contribution is 5.92. The minimum atomic E-state index is -4.84. The number of alkyl halides is 3. The first-order valence-corrected chi connectivity index (χ1v) is 6.43. The molecule has 0 bridgehead atoms. The van der Waals surface area contributed by atoms with E-state index in [0.29, 0.717) is 16.7 Å². The number of ether oxygens (including phenoxy) is 1. The number of carbonyl (C=O) groups excluding carboxylic acids is 2. The monoisotopic (exact) mass is 344 g/mol. The van der Waals surface area contributed by atoms with E-state index in [4.69, 9.17) is 10.2 Å². The quantitative estimate of drug-likeness (QED) is 0.844. The van der Waals surface area contributed by atoms with Gasteiger partial charge in [0, 0.05) is 0 Å². The number of halogens is 3. The maximum atomic E-state index is 13.1. The van der Waals surface area contributed by atoms with Gasteiger partial charge in [-0.15, -0.1) is 0 Å². The number of furan rings is 1. The number of carbonyl (C=O) groups is 2. The van der Waals surface area contributed by atoms with Gasteiger partial charge in [-0.2, -0.15) is 13.2 Å². The number of hydrogen-bond donors (Lipinski definition) is 1. The molecule has 0 saturated carbocycles. The average molecular weight is 344 g/mol. The van der Waals surface area contributed by atoms with E-state index in [9.17, 15) is 27.6 Å². The summed E-state index contributed by atoms with van der Waals surface area (Å²) < 4.78 is 49.0. The summed E-state index contributed by atoms with van der Waals surface area (Å²) in [5.74, 6) is -2.32. The molecule has 24 heavy (non-hydrogen) atoms. The molecule has 0 radical (unpaired) electrons. The van der Waals surface area contributed by atoms with Crippen molar-refractivity contribution in [2.75, 3.05) is 7.11 Å². The third-order valence-electron chi connectivity index (χ3n) is 3.09. The number of nitrogens with zero attached hydrogens (tertiary/aromatic N) is 1. The van der Waals surface area contributed by atoms with Crippen molar-refractivity contribution in [3.8, 4) is 0 Å². The van der Waals surface area contributed by atoms with Crippen LogP contribution in [0.2, 0.25) is 0 Å². The third-order valence-corrected chi connectivity index (χ3v) is 3.09. The van der Waals surface area contributed by atoms with Gasteiger partial charge in [-0.3, -0.25) is 14.2 Å². The molecule has 0 aliphatic carbocycles. The molecule has 0 aliphatic rings. The van der Waals surface area contributed by atoms with Gasteiger partial charge in [-0.25, -0.2) is 4.79 Å². The molecule has 2 rings (SSSR count). The number of rotatable bonds is 4. The van der Waals surface area contributed by atoms with E-state index in [1.165, 1.54) is 12.1 Å². The van der Waals surface area contributed by atoms with Crippen LogP contribution in [-0.4, -0.2) is 23.6 Å². The zero-order chi connectivity index (χ0) is 18.1. The Bertz CT molecular complexity index is 851. The molecule has 7 nitrogen and oxygen atoms in total. The third kappa shape index (κ3) is 3.31. The smallest absolute Gasteiger partial charge is 0.431 e. The van der Waals surface area contributed by atoms with Gasteiger partial charge in [-0.05, 0) is 24.3 Å². The molecule has 2 aromatic rings. The molecule has 0 aliphatic heterocycles. The Kier molecular flexibility index (Phi) is 4.49. The number of aromatic nitrogens is 1. The van der Waals surface area contributed by atoms with Crippen molar-refractivity contribution in [3.63, 3.8) is 0 Å². The van der Waals surface area contributed by atoms with Crippen LogP contribution in [0, 0.1) is 0 Å². The van der Waals surface area contributed by atoms with Crippen LogP contribution in [0.25, 0.3) is 0 Å². The second kappa shape index (κ2) is 6.22. The molecule has 2 heterocycles. The highest BCUT2D eigenvalue weighted by Gasteiger charge is 2.35. The zero-order valence-corrected chi connectivity index (χ0v) is 12.2. The Labute approximate surface area is 132 Å². The van der Waals surface area contributed by atoms with E-state index in [1.807, 2.05) is 0 Å². The summed E-state index contributed by atoms with van der Waals surface area (Å²) in [7, 11) is 1.10. The summed E-state index contributed by atoms with van der Waals surface area (Å²) in [4.78, 5) is 34.6. The summed E-state index contributed by atoms with van der Waals surface area (Å²) >= 11 is 0. The van der Waals surface area contributed by atoms with Crippen molar-refractivity contribution < 1.29 is 31.9 Å². The number of pyridine rings is 1. The standard InChI is InChI=1S/C14H11F3N2O5/c1-23-13(22)9-4-2-7(24-9)6-19-10(14(15,16)17)5-3-8(11(18)20)12(19)21/h2-5H,6H2,1H3,(H2,18,20). The number of esters is 1. The lowest BCUT2D eigenvalue weighted by molar-refractivity contribution is -0.144. The summed E-state index contributed by atoms with van der Waals surface area (Å²) in [5.41, 5.74) is 1.89. The number of methoxy groups -OCH3 is 1. The van der Waals surface area contributed by atoms with Gasteiger partial charge in [0.2, 0.25) is 5.76 Å². The summed E-state index contributed by atoms with van der Waals surface area (Å²) in [6.07, 6.45) is -4.84. The van der Waals surface area contributed by atoms with Crippen molar-refractivity contribution in [2.45, 2.75) is 12.7 Å². The Morgan fingerprint density at radius 2 is 1.92 bits per heavy atom. The maximum Gasteiger partial charge on any atom is 0.431 e. The molecule has 0 unspecified atom stereocenters. The van der Waals surface area contributed by atoms with E-state index in [0.717, 1.165) is 7.11 Å². The Morgan fingerprint density at radius 3 is 2.46 bits per heavy atom. The molecular weight excluding hydrogens is 333 g/mol. The van der Waals surface area contributed by atoms with Crippen LogP contribution in [0.5, 0.6) is 0 Å². The number of nitrogens with two attached hydrogens (primary N) is 1. The minimum absolute atomic E-state index is 0.107. The van der Waals surface area contributed by atoms with E-state index >= 15 is 0 Å². The fourth-order valence-corrected chi connectivity index (χ4v) is 2.00. The Balaban J connectivity index is 2.53. The van der Waals surface area contributed by atoms with Crippen molar-refractivity contribution in [1.29, 1.82) is 0 Å². The summed E-state index contributed by atoms with van der Waals surface area (Å²) in [5, 5.41) is 0. The molecule has 1 amide bonds. The molecule has 2 N–H and O–H groups in total. The lowest BCUT2D eigenvalue weighted by Gasteiger charge is -2.15. The number of amides is 1. The van der Waals surface area contributed by atoms with Crippen molar-refractivity contribution in [1.82, 2.24) is 4.57 Å². The van der Waals surface area contributed by atoms with E-state index in [-0.39, 0.29) is 11.5 Å². The van der Waals surface area contributed by atoms with Gasteiger partial charge in [0.1, 0.15) is 17.0 Å². The Morgan fingerprint density at radius 1 is 1.25 bits per heavy atom. The lowest BCUT2D eigenvalue weighted by atomic mass is 10.2. The van der Waals surface area contributed by atoms with Crippen LogP contribution in [0.3, 0.4) is 0 Å². The van der Waals surface area contributed by atoms with Crippen LogP contribution in [-0.2, 0) is 17.5 Å². The summed E-state index contributed by atoms with van der Waals surface area (Å²) in [6.45, 7) is -0.647. The molecule has 0 fully saturated rings. The van der Waals surface area contributed by atoms with Crippen LogP contribution < -0.4 is 11.3 Å². The van der Waals surface area contributed by atoms with Crippen LogP contribution in [0.15, 0.2) is 33.5 Å². The first-order valence-electron chi connectivity index (χ1n) is 6.43. The van der Waals surface area contributed by atoms with Gasteiger partial charge in [0.05, 0.1) is 13.7 Å². The number of primary amides is 1. The van der Waals surface area contributed by atoms with Gasteiger partial charge in [0.25, 0.3) is 11.5 Å². The Hall–Kier alpha value is -3.04. The van der Waals surface area contributed by atoms with Gasteiger partial charge < -0.3 is 14.9 Å². The van der Waals surface area contributed by atoms with E-state index in [1.54, 1.807) is 0 Å². The highest BCUT2D eigenvalue weighted by atomic mass is 19.4. The molecule has 0 aromatic carbocycles. The number of hydrogen-bond acceptors (Lipinski definition) is 5. The second-order valence-corrected chi connectivity index (χ2v) is 4.64. The minimum Gasteiger partial charge on any atom is -0.463 e. The fourth-order valence-electron chi connectivity index (χ4n) is 2.00. The van der Waals surface area contributed by atoms with Crippen LogP contribution in [0.4, 0.5) is 13.2 Å². The average Bonchev–Trinajstić information content (AvgIpc) is 2.95. The van der Waals surface area contributed by atoms with Crippen molar-refractivity contribution in [3.05, 3.63) is 57.4 Å². The van der Waals surface area contributed by atoms with E-state index < -0.39 is 41.4 Å². The highest BCUT2D eigenvalue weighted by Crippen LogP contribution is 2.29. The molecule has 0 saturated heterocycles. The maximum absolute atomic E-state index is 13.1. The fraction of sp³-hybridized carbons (Fsp3) is 0.214. The predicted molar refractivity (Wildman–Crippen MR) is 73.4 cm³/mol. The largest absolute Gasteiger partial charge is 0.463 e. The second-order valence-electron chi connectivity index (χ2n) is 4.64. The normalized spacial score (nSPS) is 11.3. The summed E-state index contributed by atoms with van der Waals surface area (Å²) in [6, 6.07) is 3.70. The van der Waals surface area contributed by atoms with Gasteiger partial charge >= 0.3 is 12.1 Å². The zero-order valence-electron chi connectivity index (χ0n) is 12.2.